The molecule has 1 aromatic heterocycles. The van der Waals surface area contributed by atoms with Gasteiger partial charge in [0.25, 0.3) is 5.91 Å². The van der Waals surface area contributed by atoms with Gasteiger partial charge in [-0.1, -0.05) is 23.2 Å². The Morgan fingerprint density at radius 1 is 1.14 bits per heavy atom. The van der Waals surface area contributed by atoms with Crippen LogP contribution in [-0.4, -0.2) is 42.4 Å². The maximum atomic E-state index is 13.1. The average Bonchev–Trinajstić information content (AvgIpc) is 2.67. The van der Waals surface area contributed by atoms with Crippen molar-refractivity contribution in [2.75, 3.05) is 26.0 Å². The van der Waals surface area contributed by atoms with Gasteiger partial charge in [0.05, 0.1) is 30.4 Å². The maximum Gasteiger partial charge on any atom is 0.254 e. The molecule has 3 aromatic rings. The van der Waals surface area contributed by atoms with E-state index in [-0.39, 0.29) is 18.4 Å². The minimum absolute atomic E-state index is 0.122. The second-order valence-corrected chi connectivity index (χ2v) is 7.32. The van der Waals surface area contributed by atoms with Gasteiger partial charge in [-0.2, -0.15) is 0 Å². The lowest BCUT2D eigenvalue weighted by Crippen LogP contribution is -2.35. The van der Waals surface area contributed by atoms with Crippen molar-refractivity contribution in [3.8, 4) is 5.75 Å². The smallest absolute Gasteiger partial charge is 0.254 e. The molecule has 1 heterocycles. The average molecular weight is 412 g/mol. The summed E-state index contributed by atoms with van der Waals surface area (Å²) in [5, 5.41) is 3.98. The number of carbonyl (C=O) groups is 2. The van der Waals surface area contributed by atoms with E-state index in [0.717, 1.165) is 22.2 Å². The summed E-state index contributed by atoms with van der Waals surface area (Å²) in [6.45, 7) is 3.68. The lowest BCUT2D eigenvalue weighted by molar-refractivity contribution is -0.116. The summed E-state index contributed by atoms with van der Waals surface area (Å²) in [6.07, 6.45) is 0. The van der Waals surface area contributed by atoms with E-state index < -0.39 is 0 Å². The zero-order valence-electron chi connectivity index (χ0n) is 16.7. The molecule has 2 aromatic carbocycles. The highest BCUT2D eigenvalue weighted by Crippen LogP contribution is 2.27. The molecule has 29 heavy (non-hydrogen) atoms. The number of halogens is 1. The van der Waals surface area contributed by atoms with Gasteiger partial charge >= 0.3 is 0 Å². The predicted molar refractivity (Wildman–Crippen MR) is 115 cm³/mol. The molecule has 0 saturated heterocycles. The molecule has 0 bridgehead atoms. The van der Waals surface area contributed by atoms with Crippen LogP contribution in [0.3, 0.4) is 0 Å². The number of ether oxygens (including phenoxy) is 1. The highest BCUT2D eigenvalue weighted by atomic mass is 35.5. The SMILES string of the molecule is COc1ccc(Cl)cc1NC(=O)CN(C)C(=O)c1cc(C)nc2ccc(C)cc12. The van der Waals surface area contributed by atoms with E-state index >= 15 is 0 Å². The van der Waals surface area contributed by atoms with Crippen molar-refractivity contribution in [2.45, 2.75) is 13.8 Å². The largest absolute Gasteiger partial charge is 0.495 e. The standard InChI is InChI=1S/C22H22ClN3O3/c1-13-5-7-18-16(9-13)17(10-14(2)24-18)22(28)26(3)12-21(27)25-19-11-15(23)6-8-20(19)29-4/h5-11H,12H2,1-4H3,(H,25,27). The fraction of sp³-hybridized carbons (Fsp3) is 0.227. The van der Waals surface area contributed by atoms with Crippen LogP contribution < -0.4 is 10.1 Å². The van der Waals surface area contributed by atoms with Crippen LogP contribution in [0.25, 0.3) is 10.9 Å². The number of hydrogen-bond donors (Lipinski definition) is 1. The first-order chi connectivity index (χ1) is 13.8. The Kier molecular flexibility index (Phi) is 6.03. The van der Waals surface area contributed by atoms with Crippen LogP contribution in [-0.2, 0) is 4.79 Å². The van der Waals surface area contributed by atoms with Gasteiger partial charge in [-0.05, 0) is 50.2 Å². The maximum absolute atomic E-state index is 13.1. The number of pyridine rings is 1. The fourth-order valence-corrected chi connectivity index (χ4v) is 3.28. The Labute approximate surface area is 174 Å². The molecule has 0 fully saturated rings. The molecule has 150 valence electrons. The minimum Gasteiger partial charge on any atom is -0.495 e. The molecule has 0 radical (unpaired) electrons. The quantitative estimate of drug-likeness (QED) is 0.682. The van der Waals surface area contributed by atoms with E-state index in [0.29, 0.717) is 22.0 Å². The molecule has 0 aliphatic rings. The van der Waals surface area contributed by atoms with Crippen LogP contribution in [0.15, 0.2) is 42.5 Å². The van der Waals surface area contributed by atoms with Gasteiger partial charge in [-0.25, -0.2) is 0 Å². The Balaban J connectivity index is 1.81. The number of anilines is 1. The summed E-state index contributed by atoms with van der Waals surface area (Å²) < 4.78 is 5.23. The van der Waals surface area contributed by atoms with Crippen molar-refractivity contribution in [1.29, 1.82) is 0 Å². The second-order valence-electron chi connectivity index (χ2n) is 6.89. The number of carbonyl (C=O) groups excluding carboxylic acids is 2. The van der Waals surface area contributed by atoms with Gasteiger partial charge in [0.2, 0.25) is 5.91 Å². The number of hydrogen-bond acceptors (Lipinski definition) is 4. The molecule has 0 spiro atoms. The van der Waals surface area contributed by atoms with Crippen LogP contribution in [0.1, 0.15) is 21.6 Å². The molecule has 0 atom stereocenters. The lowest BCUT2D eigenvalue weighted by atomic mass is 10.0. The molecule has 0 aliphatic heterocycles. The zero-order chi connectivity index (χ0) is 21.1. The first-order valence-electron chi connectivity index (χ1n) is 9.05. The number of aryl methyl sites for hydroxylation is 2. The molecular formula is C22H22ClN3O3. The third-order valence-electron chi connectivity index (χ3n) is 4.49. The van der Waals surface area contributed by atoms with E-state index in [1.807, 2.05) is 32.0 Å². The number of aromatic nitrogens is 1. The third kappa shape index (κ3) is 4.66. The normalized spacial score (nSPS) is 10.7. The fourth-order valence-electron chi connectivity index (χ4n) is 3.11. The number of methoxy groups -OCH3 is 1. The van der Waals surface area contributed by atoms with Gasteiger partial charge in [0.1, 0.15) is 5.75 Å². The summed E-state index contributed by atoms with van der Waals surface area (Å²) in [7, 11) is 3.10. The molecule has 2 amide bonds. The van der Waals surface area contributed by atoms with Crippen molar-refractivity contribution >= 4 is 40.0 Å². The summed E-state index contributed by atoms with van der Waals surface area (Å²) in [4.78, 5) is 31.4. The van der Waals surface area contributed by atoms with E-state index in [9.17, 15) is 9.59 Å². The van der Waals surface area contributed by atoms with Gasteiger partial charge in [0.15, 0.2) is 0 Å². The number of nitrogens with zero attached hydrogens (tertiary/aromatic N) is 2. The highest BCUT2D eigenvalue weighted by Gasteiger charge is 2.19. The van der Waals surface area contributed by atoms with Gasteiger partial charge in [-0.3, -0.25) is 14.6 Å². The van der Waals surface area contributed by atoms with Crippen molar-refractivity contribution in [2.24, 2.45) is 0 Å². The van der Waals surface area contributed by atoms with Crippen LogP contribution in [0.5, 0.6) is 5.75 Å². The monoisotopic (exact) mass is 411 g/mol. The number of rotatable bonds is 5. The first kappa shape index (κ1) is 20.6. The summed E-state index contributed by atoms with van der Waals surface area (Å²) in [5.41, 5.74) is 3.50. The molecular weight excluding hydrogens is 390 g/mol. The highest BCUT2D eigenvalue weighted by molar-refractivity contribution is 6.31. The number of likely N-dealkylation sites (N-methyl/N-ethyl adjacent to an activating group) is 1. The first-order valence-corrected chi connectivity index (χ1v) is 9.43. The Morgan fingerprint density at radius 2 is 1.90 bits per heavy atom. The topological polar surface area (TPSA) is 71.5 Å². The Morgan fingerprint density at radius 3 is 2.62 bits per heavy atom. The van der Waals surface area contributed by atoms with E-state index in [2.05, 4.69) is 10.3 Å². The minimum atomic E-state index is -0.354. The molecule has 7 heteroatoms. The van der Waals surface area contributed by atoms with Crippen LogP contribution in [0.4, 0.5) is 5.69 Å². The van der Waals surface area contributed by atoms with E-state index in [1.165, 1.54) is 12.0 Å². The molecule has 6 nitrogen and oxygen atoms in total. The van der Waals surface area contributed by atoms with Gasteiger partial charge in [-0.15, -0.1) is 0 Å². The van der Waals surface area contributed by atoms with Crippen LogP contribution in [0.2, 0.25) is 5.02 Å². The molecule has 0 unspecified atom stereocenters. The summed E-state index contributed by atoms with van der Waals surface area (Å²) in [6, 6.07) is 12.5. The van der Waals surface area contributed by atoms with Crippen molar-refractivity contribution in [3.63, 3.8) is 0 Å². The summed E-state index contributed by atoms with van der Waals surface area (Å²) in [5.74, 6) is -0.116. The Bertz CT molecular complexity index is 1100. The predicted octanol–water partition coefficient (Wildman–Crippen LogP) is 4.22. The molecule has 1 N–H and O–H groups in total. The van der Waals surface area contributed by atoms with Crippen molar-refractivity contribution in [3.05, 3.63) is 64.3 Å². The molecule has 3 rings (SSSR count). The zero-order valence-corrected chi connectivity index (χ0v) is 17.5. The number of fused-ring (bicyclic) bond motifs is 1. The Hall–Kier alpha value is -3.12. The van der Waals surface area contributed by atoms with Crippen molar-refractivity contribution in [1.82, 2.24) is 9.88 Å². The van der Waals surface area contributed by atoms with E-state index in [1.54, 1.807) is 31.3 Å². The molecule has 0 saturated carbocycles. The number of amides is 2. The van der Waals surface area contributed by atoms with Gasteiger partial charge < -0.3 is 15.0 Å². The van der Waals surface area contributed by atoms with Gasteiger partial charge in [0, 0.05) is 23.2 Å². The van der Waals surface area contributed by atoms with Crippen LogP contribution in [0, 0.1) is 13.8 Å². The lowest BCUT2D eigenvalue weighted by Gasteiger charge is -2.19. The van der Waals surface area contributed by atoms with E-state index in [4.69, 9.17) is 16.3 Å². The number of nitrogens with one attached hydrogen (secondary N) is 1. The van der Waals surface area contributed by atoms with Crippen molar-refractivity contribution < 1.29 is 14.3 Å². The second kappa shape index (κ2) is 8.49. The summed E-state index contributed by atoms with van der Waals surface area (Å²) >= 11 is 6.00. The third-order valence-corrected chi connectivity index (χ3v) is 4.72. The molecule has 0 aliphatic carbocycles. The van der Waals surface area contributed by atoms with Crippen LogP contribution >= 0.6 is 11.6 Å². The number of benzene rings is 2.